The molecule has 23 heavy (non-hydrogen) atoms. The maximum absolute atomic E-state index is 12.1. The second-order valence-electron chi connectivity index (χ2n) is 4.31. The van der Waals surface area contributed by atoms with Crippen LogP contribution in [0.5, 0.6) is 5.75 Å². The van der Waals surface area contributed by atoms with Gasteiger partial charge in [-0.25, -0.2) is 0 Å². The molecular weight excluding hydrogens is 372 g/mol. The molecule has 0 spiro atoms. The summed E-state index contributed by atoms with van der Waals surface area (Å²) in [5.41, 5.74) is 1.07. The maximum atomic E-state index is 12.1. The Bertz CT molecular complexity index is 688. The van der Waals surface area contributed by atoms with E-state index in [1.54, 1.807) is 18.2 Å². The zero-order chi connectivity index (χ0) is 17.0. The van der Waals surface area contributed by atoms with E-state index in [0.717, 1.165) is 0 Å². The Balaban J connectivity index is 1.97. The van der Waals surface area contributed by atoms with E-state index in [4.69, 9.17) is 35.4 Å². The van der Waals surface area contributed by atoms with Crippen LogP contribution in [0, 0.1) is 0 Å². The fraction of sp³-hybridized carbons (Fsp3) is 0.0714. The molecule has 0 fully saturated rings. The second kappa shape index (κ2) is 7.25. The van der Waals surface area contributed by atoms with Gasteiger partial charge in [0.05, 0.1) is 0 Å². The first-order chi connectivity index (χ1) is 10.7. The third-order valence-electron chi connectivity index (χ3n) is 2.47. The van der Waals surface area contributed by atoms with Crippen LogP contribution in [0.4, 0.5) is 24.5 Å². The Morgan fingerprint density at radius 2 is 1.43 bits per heavy atom. The van der Waals surface area contributed by atoms with Crippen LogP contribution in [0.25, 0.3) is 0 Å². The molecule has 0 saturated heterocycles. The lowest BCUT2D eigenvalue weighted by molar-refractivity contribution is -0.274. The van der Waals surface area contributed by atoms with Crippen LogP contribution in [-0.2, 0) is 0 Å². The SMILES string of the molecule is FC(F)(F)Oc1ccc(NC(=S)Nc2cc(Cl)cc(Cl)c2)cc1. The van der Waals surface area contributed by atoms with Crippen molar-refractivity contribution in [2.45, 2.75) is 6.36 Å². The van der Waals surface area contributed by atoms with Crippen molar-refractivity contribution in [1.29, 1.82) is 0 Å². The Morgan fingerprint density at radius 1 is 0.913 bits per heavy atom. The number of benzene rings is 2. The highest BCUT2D eigenvalue weighted by atomic mass is 35.5. The molecule has 0 unspecified atom stereocenters. The van der Waals surface area contributed by atoms with Gasteiger partial charge in [0.25, 0.3) is 0 Å². The average molecular weight is 381 g/mol. The van der Waals surface area contributed by atoms with Gasteiger partial charge in [-0.1, -0.05) is 23.2 Å². The third kappa shape index (κ3) is 6.13. The van der Waals surface area contributed by atoms with E-state index >= 15 is 0 Å². The van der Waals surface area contributed by atoms with Crippen molar-refractivity contribution in [2.75, 3.05) is 10.6 Å². The minimum atomic E-state index is -4.72. The van der Waals surface area contributed by atoms with Gasteiger partial charge in [-0.2, -0.15) is 0 Å². The van der Waals surface area contributed by atoms with Gasteiger partial charge in [-0.05, 0) is 54.7 Å². The van der Waals surface area contributed by atoms with Gasteiger partial charge < -0.3 is 15.4 Å². The predicted octanol–water partition coefficient (Wildman–Crippen LogP) is 5.70. The summed E-state index contributed by atoms with van der Waals surface area (Å²) < 4.78 is 40.0. The lowest BCUT2D eigenvalue weighted by Crippen LogP contribution is -2.19. The van der Waals surface area contributed by atoms with E-state index in [9.17, 15) is 13.2 Å². The van der Waals surface area contributed by atoms with Crippen molar-refractivity contribution < 1.29 is 17.9 Å². The van der Waals surface area contributed by atoms with Gasteiger partial charge in [0.1, 0.15) is 5.75 Å². The average Bonchev–Trinajstić information content (AvgIpc) is 2.38. The number of alkyl halides is 3. The topological polar surface area (TPSA) is 33.3 Å². The maximum Gasteiger partial charge on any atom is 0.573 e. The first-order valence-electron chi connectivity index (χ1n) is 6.11. The van der Waals surface area contributed by atoms with Gasteiger partial charge in [0, 0.05) is 21.4 Å². The summed E-state index contributed by atoms with van der Waals surface area (Å²) in [6.07, 6.45) is -4.72. The summed E-state index contributed by atoms with van der Waals surface area (Å²) in [6.45, 7) is 0. The van der Waals surface area contributed by atoms with E-state index in [2.05, 4.69) is 15.4 Å². The largest absolute Gasteiger partial charge is 0.573 e. The Hall–Kier alpha value is -1.70. The van der Waals surface area contributed by atoms with E-state index < -0.39 is 6.36 Å². The normalized spacial score (nSPS) is 11.0. The molecule has 122 valence electrons. The van der Waals surface area contributed by atoms with Crippen LogP contribution in [0.2, 0.25) is 10.0 Å². The zero-order valence-corrected chi connectivity index (χ0v) is 13.6. The lowest BCUT2D eigenvalue weighted by Gasteiger charge is -2.12. The Morgan fingerprint density at radius 3 is 1.96 bits per heavy atom. The van der Waals surface area contributed by atoms with Crippen molar-refractivity contribution in [2.24, 2.45) is 0 Å². The minimum absolute atomic E-state index is 0.229. The van der Waals surface area contributed by atoms with Gasteiger partial charge in [0.15, 0.2) is 5.11 Å². The highest BCUT2D eigenvalue weighted by Gasteiger charge is 2.30. The minimum Gasteiger partial charge on any atom is -0.406 e. The van der Waals surface area contributed by atoms with Crippen LogP contribution in [0.3, 0.4) is 0 Å². The van der Waals surface area contributed by atoms with Gasteiger partial charge in [0.2, 0.25) is 0 Å². The highest BCUT2D eigenvalue weighted by Crippen LogP contribution is 2.25. The summed E-state index contributed by atoms with van der Waals surface area (Å²) >= 11 is 16.8. The van der Waals surface area contributed by atoms with Crippen molar-refractivity contribution in [1.82, 2.24) is 0 Å². The van der Waals surface area contributed by atoms with Gasteiger partial charge >= 0.3 is 6.36 Å². The first-order valence-corrected chi connectivity index (χ1v) is 7.27. The van der Waals surface area contributed by atoms with Gasteiger partial charge in [-0.3, -0.25) is 0 Å². The molecule has 0 saturated carbocycles. The van der Waals surface area contributed by atoms with E-state index in [1.165, 1.54) is 24.3 Å². The molecule has 2 rings (SSSR count). The lowest BCUT2D eigenvalue weighted by atomic mass is 10.3. The summed E-state index contributed by atoms with van der Waals surface area (Å²) in [7, 11) is 0. The molecular formula is C14H9Cl2F3N2OS. The van der Waals surface area contributed by atoms with E-state index in [-0.39, 0.29) is 10.9 Å². The fourth-order valence-corrected chi connectivity index (χ4v) is 2.42. The fourth-order valence-electron chi connectivity index (χ4n) is 1.66. The number of nitrogens with one attached hydrogen (secondary N) is 2. The second-order valence-corrected chi connectivity index (χ2v) is 5.59. The molecule has 2 aromatic carbocycles. The zero-order valence-electron chi connectivity index (χ0n) is 11.2. The van der Waals surface area contributed by atoms with Crippen LogP contribution in [-0.4, -0.2) is 11.5 Å². The molecule has 0 atom stereocenters. The van der Waals surface area contributed by atoms with E-state index in [0.29, 0.717) is 21.4 Å². The molecule has 0 amide bonds. The number of hydrogen-bond acceptors (Lipinski definition) is 2. The van der Waals surface area contributed by atoms with Crippen molar-refractivity contribution >= 4 is 51.9 Å². The molecule has 0 radical (unpaired) electrons. The summed E-state index contributed by atoms with van der Waals surface area (Å²) in [6, 6.07) is 9.98. The molecule has 2 N–H and O–H groups in total. The summed E-state index contributed by atoms with van der Waals surface area (Å²) in [4.78, 5) is 0. The summed E-state index contributed by atoms with van der Waals surface area (Å²) in [5, 5.41) is 6.79. The first kappa shape index (κ1) is 17.7. The standard InChI is InChI=1S/C14H9Cl2F3N2OS/c15-8-5-9(16)7-11(6-8)21-13(23)20-10-1-3-12(4-2-10)22-14(17,18)19/h1-7H,(H2,20,21,23). The number of thiocarbonyl (C=S) groups is 1. The molecule has 2 aromatic rings. The molecule has 0 aliphatic rings. The van der Waals surface area contributed by atoms with E-state index in [1.807, 2.05) is 0 Å². The summed E-state index contributed by atoms with van der Waals surface area (Å²) in [5.74, 6) is -0.316. The Kier molecular flexibility index (Phi) is 5.56. The highest BCUT2D eigenvalue weighted by molar-refractivity contribution is 7.80. The monoisotopic (exact) mass is 380 g/mol. The predicted molar refractivity (Wildman–Crippen MR) is 89.4 cm³/mol. The smallest absolute Gasteiger partial charge is 0.406 e. The molecule has 0 aromatic heterocycles. The van der Waals surface area contributed by atoms with Crippen LogP contribution in [0.1, 0.15) is 0 Å². The van der Waals surface area contributed by atoms with Crippen LogP contribution >= 0.6 is 35.4 Å². The molecule has 9 heteroatoms. The number of halogens is 5. The third-order valence-corrected chi connectivity index (χ3v) is 3.11. The Labute approximate surface area is 145 Å². The number of rotatable bonds is 3. The quantitative estimate of drug-likeness (QED) is 0.669. The van der Waals surface area contributed by atoms with Gasteiger partial charge in [-0.15, -0.1) is 13.2 Å². The van der Waals surface area contributed by atoms with Crippen LogP contribution < -0.4 is 15.4 Å². The van der Waals surface area contributed by atoms with Crippen molar-refractivity contribution in [3.63, 3.8) is 0 Å². The number of anilines is 2. The molecule has 0 heterocycles. The number of ether oxygens (including phenoxy) is 1. The molecule has 0 aliphatic heterocycles. The van der Waals surface area contributed by atoms with Crippen molar-refractivity contribution in [3.8, 4) is 5.75 Å². The molecule has 0 bridgehead atoms. The van der Waals surface area contributed by atoms with Crippen molar-refractivity contribution in [3.05, 3.63) is 52.5 Å². The number of hydrogen-bond donors (Lipinski definition) is 2. The van der Waals surface area contributed by atoms with Crippen LogP contribution in [0.15, 0.2) is 42.5 Å². The molecule has 3 nitrogen and oxygen atoms in total. The molecule has 0 aliphatic carbocycles.